The summed E-state index contributed by atoms with van der Waals surface area (Å²) in [5, 5.41) is 12.2. The van der Waals surface area contributed by atoms with E-state index in [1.165, 1.54) is 0 Å². The molecule has 1 unspecified atom stereocenters. The van der Waals surface area contributed by atoms with E-state index in [0.717, 1.165) is 12.8 Å². The van der Waals surface area contributed by atoms with Crippen molar-refractivity contribution in [2.45, 2.75) is 31.7 Å². The predicted octanol–water partition coefficient (Wildman–Crippen LogP) is 1.41. The first-order valence-corrected chi connectivity index (χ1v) is 4.76. The molecule has 0 bridgehead atoms. The van der Waals surface area contributed by atoms with Gasteiger partial charge < -0.3 is 5.11 Å². The third-order valence-electron chi connectivity index (χ3n) is 2.78. The summed E-state index contributed by atoms with van der Waals surface area (Å²) in [6, 6.07) is 0. The Kier molecular flexibility index (Phi) is 3.09. The Morgan fingerprint density at radius 3 is 2.69 bits per heavy atom. The number of carboxylic acids is 1. The molecule has 3 heteroatoms. The van der Waals surface area contributed by atoms with E-state index in [2.05, 4.69) is 11.9 Å². The number of hydrogen-bond acceptors (Lipinski definition) is 2. The molecule has 0 aliphatic heterocycles. The van der Waals surface area contributed by atoms with Gasteiger partial charge in [-0.1, -0.05) is 13.0 Å². The van der Waals surface area contributed by atoms with Gasteiger partial charge in [0.05, 0.1) is 0 Å². The number of rotatable bonds is 6. The number of carbonyl (C=O) groups is 1. The van der Waals surface area contributed by atoms with Crippen molar-refractivity contribution < 1.29 is 9.90 Å². The lowest BCUT2D eigenvalue weighted by Crippen LogP contribution is -2.53. The second kappa shape index (κ2) is 3.92. The van der Waals surface area contributed by atoms with E-state index in [4.69, 9.17) is 5.11 Å². The number of carboxylic acid groups (broad SMARTS) is 1. The van der Waals surface area contributed by atoms with Crippen molar-refractivity contribution in [2.75, 3.05) is 6.54 Å². The van der Waals surface area contributed by atoms with Crippen LogP contribution in [0.25, 0.3) is 0 Å². The summed E-state index contributed by atoms with van der Waals surface area (Å²) in [6.07, 6.45) is 4.41. The van der Waals surface area contributed by atoms with Crippen molar-refractivity contribution in [1.82, 2.24) is 5.32 Å². The van der Waals surface area contributed by atoms with Crippen molar-refractivity contribution >= 4 is 5.97 Å². The molecular weight excluding hydrogens is 166 g/mol. The van der Waals surface area contributed by atoms with Crippen molar-refractivity contribution in [1.29, 1.82) is 0 Å². The first-order chi connectivity index (χ1) is 6.17. The largest absolute Gasteiger partial charge is 0.480 e. The highest BCUT2D eigenvalue weighted by Crippen LogP contribution is 2.41. The summed E-state index contributed by atoms with van der Waals surface area (Å²) in [5.74, 6) is -0.408. The molecule has 1 aliphatic carbocycles. The lowest BCUT2D eigenvalue weighted by atomic mass is 9.90. The average molecular weight is 183 g/mol. The molecule has 0 aromatic rings. The molecule has 1 fully saturated rings. The molecule has 0 spiro atoms. The van der Waals surface area contributed by atoms with Crippen molar-refractivity contribution in [2.24, 2.45) is 5.92 Å². The van der Waals surface area contributed by atoms with Crippen molar-refractivity contribution in [3.05, 3.63) is 12.7 Å². The highest BCUT2D eigenvalue weighted by atomic mass is 16.4. The minimum atomic E-state index is -0.723. The highest BCUT2D eigenvalue weighted by molar-refractivity contribution is 5.79. The van der Waals surface area contributed by atoms with Gasteiger partial charge in [0.2, 0.25) is 0 Å². The van der Waals surface area contributed by atoms with Crippen LogP contribution in [0.4, 0.5) is 0 Å². The van der Waals surface area contributed by atoms with Crippen molar-refractivity contribution in [3.63, 3.8) is 0 Å². The minimum absolute atomic E-state index is 0.315. The Morgan fingerprint density at radius 2 is 2.38 bits per heavy atom. The van der Waals surface area contributed by atoms with Crippen LogP contribution in [0.15, 0.2) is 12.7 Å². The van der Waals surface area contributed by atoms with Crippen LogP contribution < -0.4 is 5.32 Å². The van der Waals surface area contributed by atoms with Crippen LogP contribution in [0.1, 0.15) is 26.2 Å². The van der Waals surface area contributed by atoms with E-state index in [9.17, 15) is 4.79 Å². The fraction of sp³-hybridized carbons (Fsp3) is 0.700. The van der Waals surface area contributed by atoms with Gasteiger partial charge in [0.1, 0.15) is 5.54 Å². The van der Waals surface area contributed by atoms with Gasteiger partial charge in [0, 0.05) is 6.54 Å². The Bertz CT molecular complexity index is 211. The van der Waals surface area contributed by atoms with Gasteiger partial charge in [0.15, 0.2) is 0 Å². The third kappa shape index (κ3) is 1.91. The van der Waals surface area contributed by atoms with E-state index in [-0.39, 0.29) is 0 Å². The number of nitrogens with one attached hydrogen (secondary N) is 1. The van der Waals surface area contributed by atoms with Crippen LogP contribution in [-0.4, -0.2) is 23.2 Å². The summed E-state index contributed by atoms with van der Waals surface area (Å²) < 4.78 is 0. The fourth-order valence-corrected chi connectivity index (χ4v) is 1.79. The fourth-order valence-electron chi connectivity index (χ4n) is 1.79. The van der Waals surface area contributed by atoms with Gasteiger partial charge in [0.25, 0.3) is 0 Å². The zero-order valence-electron chi connectivity index (χ0n) is 8.05. The smallest absolute Gasteiger partial charge is 0.324 e. The molecule has 2 N–H and O–H groups in total. The van der Waals surface area contributed by atoms with E-state index < -0.39 is 11.5 Å². The third-order valence-corrected chi connectivity index (χ3v) is 2.78. The molecule has 1 rings (SSSR count). The van der Waals surface area contributed by atoms with Gasteiger partial charge in [-0.2, -0.15) is 0 Å². The first-order valence-electron chi connectivity index (χ1n) is 4.76. The second-order valence-corrected chi connectivity index (χ2v) is 3.57. The second-order valence-electron chi connectivity index (χ2n) is 3.57. The van der Waals surface area contributed by atoms with Crippen LogP contribution in [0.3, 0.4) is 0 Å². The Hall–Kier alpha value is -0.830. The van der Waals surface area contributed by atoms with Crippen LogP contribution in [0.5, 0.6) is 0 Å². The van der Waals surface area contributed by atoms with Crippen LogP contribution in [0.2, 0.25) is 0 Å². The lowest BCUT2D eigenvalue weighted by Gasteiger charge is -2.29. The molecule has 0 heterocycles. The summed E-state index contributed by atoms with van der Waals surface area (Å²) in [4.78, 5) is 11.1. The first kappa shape index (κ1) is 10.3. The normalized spacial score (nSPS) is 20.7. The molecule has 3 nitrogen and oxygen atoms in total. The van der Waals surface area contributed by atoms with E-state index >= 15 is 0 Å². The molecule has 0 radical (unpaired) electrons. The number of aliphatic carboxylic acids is 1. The minimum Gasteiger partial charge on any atom is -0.480 e. The monoisotopic (exact) mass is 183 g/mol. The maximum absolute atomic E-state index is 11.1. The van der Waals surface area contributed by atoms with Crippen LogP contribution in [-0.2, 0) is 4.79 Å². The average Bonchev–Trinajstić information content (AvgIpc) is 2.90. The molecule has 0 aromatic heterocycles. The van der Waals surface area contributed by atoms with Gasteiger partial charge in [-0.25, -0.2) is 0 Å². The number of hydrogen-bond donors (Lipinski definition) is 2. The maximum atomic E-state index is 11.1. The predicted molar refractivity (Wildman–Crippen MR) is 51.6 cm³/mol. The molecule has 0 aromatic carbocycles. The summed E-state index contributed by atoms with van der Waals surface area (Å²) >= 11 is 0. The molecule has 1 saturated carbocycles. The van der Waals surface area contributed by atoms with E-state index in [1.54, 1.807) is 6.08 Å². The summed E-state index contributed by atoms with van der Waals surface area (Å²) in [5.41, 5.74) is -0.700. The Labute approximate surface area is 78.8 Å². The topological polar surface area (TPSA) is 49.3 Å². The SMILES string of the molecule is C=CCNC(CC)(C(=O)O)C1CC1. The van der Waals surface area contributed by atoms with E-state index in [0.29, 0.717) is 18.9 Å². The molecule has 74 valence electrons. The standard InChI is InChI=1S/C10H17NO2/c1-3-7-11-10(4-2,9(12)13)8-5-6-8/h3,8,11H,1,4-7H2,2H3,(H,12,13). The highest BCUT2D eigenvalue weighted by Gasteiger charge is 2.49. The van der Waals surface area contributed by atoms with E-state index in [1.807, 2.05) is 6.92 Å². The maximum Gasteiger partial charge on any atom is 0.324 e. The van der Waals surface area contributed by atoms with Gasteiger partial charge in [-0.05, 0) is 25.2 Å². The Balaban J connectivity index is 2.69. The molecular formula is C10H17NO2. The lowest BCUT2D eigenvalue weighted by molar-refractivity contribution is -0.146. The molecule has 0 amide bonds. The van der Waals surface area contributed by atoms with Crippen LogP contribution in [0, 0.1) is 5.92 Å². The quantitative estimate of drug-likeness (QED) is 0.612. The molecule has 0 saturated heterocycles. The van der Waals surface area contributed by atoms with Crippen LogP contribution >= 0.6 is 0 Å². The summed E-state index contributed by atoms with van der Waals surface area (Å²) in [6.45, 7) is 6.07. The molecule has 1 aliphatic rings. The van der Waals surface area contributed by atoms with Gasteiger partial charge in [-0.15, -0.1) is 6.58 Å². The Morgan fingerprint density at radius 1 is 1.77 bits per heavy atom. The van der Waals surface area contributed by atoms with Crippen molar-refractivity contribution in [3.8, 4) is 0 Å². The zero-order chi connectivity index (χ0) is 9.90. The van der Waals surface area contributed by atoms with Gasteiger partial charge in [-0.3, -0.25) is 10.1 Å². The molecule has 13 heavy (non-hydrogen) atoms. The van der Waals surface area contributed by atoms with Gasteiger partial charge >= 0.3 is 5.97 Å². The molecule has 1 atom stereocenters. The summed E-state index contributed by atoms with van der Waals surface area (Å²) in [7, 11) is 0. The zero-order valence-corrected chi connectivity index (χ0v) is 8.05.